The van der Waals surface area contributed by atoms with Gasteiger partial charge in [-0.3, -0.25) is 20.0 Å². The SMILES string of the molecule is C=CCN1CCCC[C@@H](n2c(NC(=O)c3ccnc(C)c3)nc3ccc(OC4CCOCC4)c(Cl)c32)C1. The first-order chi connectivity index (χ1) is 18.0. The number of nitrogens with zero attached hydrogens (tertiary/aromatic N) is 4. The van der Waals surface area contributed by atoms with Crippen molar-refractivity contribution in [3.05, 3.63) is 59.4 Å². The van der Waals surface area contributed by atoms with Gasteiger partial charge in [-0.25, -0.2) is 4.98 Å². The molecule has 5 rings (SSSR count). The molecule has 0 saturated carbocycles. The Kier molecular flexibility index (Phi) is 8.08. The highest BCUT2D eigenvalue weighted by Crippen LogP contribution is 2.39. The molecule has 1 N–H and O–H groups in total. The topological polar surface area (TPSA) is 81.5 Å². The maximum atomic E-state index is 13.2. The zero-order chi connectivity index (χ0) is 25.8. The Hall–Kier alpha value is -2.94. The molecule has 1 atom stereocenters. The number of benzene rings is 1. The van der Waals surface area contributed by atoms with Crippen LogP contribution in [0.2, 0.25) is 5.02 Å². The smallest absolute Gasteiger partial charge is 0.258 e. The minimum absolute atomic E-state index is 0.0649. The number of fused-ring (bicyclic) bond motifs is 1. The van der Waals surface area contributed by atoms with Gasteiger partial charge < -0.3 is 14.0 Å². The van der Waals surface area contributed by atoms with E-state index in [1.54, 1.807) is 18.3 Å². The second-order valence-corrected chi connectivity index (χ2v) is 10.2. The number of rotatable bonds is 7. The highest BCUT2D eigenvalue weighted by molar-refractivity contribution is 6.36. The third kappa shape index (κ3) is 5.81. The lowest BCUT2D eigenvalue weighted by Gasteiger charge is -2.27. The van der Waals surface area contributed by atoms with Crippen LogP contribution in [0.5, 0.6) is 5.75 Å². The minimum Gasteiger partial charge on any atom is -0.489 e. The second kappa shape index (κ2) is 11.6. The van der Waals surface area contributed by atoms with Crippen molar-refractivity contribution in [2.75, 3.05) is 38.2 Å². The molecule has 0 radical (unpaired) electrons. The molecule has 3 aromatic rings. The lowest BCUT2D eigenvalue weighted by atomic mass is 10.1. The third-order valence-corrected chi connectivity index (χ3v) is 7.45. The molecule has 196 valence electrons. The third-order valence-electron chi connectivity index (χ3n) is 7.08. The molecule has 9 heteroatoms. The number of aromatic nitrogens is 3. The van der Waals surface area contributed by atoms with Gasteiger partial charge in [0.25, 0.3) is 5.91 Å². The van der Waals surface area contributed by atoms with Crippen molar-refractivity contribution in [2.24, 2.45) is 0 Å². The van der Waals surface area contributed by atoms with Gasteiger partial charge in [0.05, 0.1) is 24.2 Å². The summed E-state index contributed by atoms with van der Waals surface area (Å²) >= 11 is 7.04. The lowest BCUT2D eigenvalue weighted by molar-refractivity contribution is 0.0256. The largest absolute Gasteiger partial charge is 0.489 e. The fourth-order valence-electron chi connectivity index (χ4n) is 5.25. The molecule has 2 fully saturated rings. The van der Waals surface area contributed by atoms with Crippen molar-refractivity contribution in [2.45, 2.75) is 51.2 Å². The summed E-state index contributed by atoms with van der Waals surface area (Å²) in [6.45, 7) is 9.82. The van der Waals surface area contributed by atoms with E-state index >= 15 is 0 Å². The number of hydrogen-bond donors (Lipinski definition) is 1. The second-order valence-electron chi connectivity index (χ2n) is 9.82. The van der Waals surface area contributed by atoms with Crippen molar-refractivity contribution in [1.29, 1.82) is 0 Å². The molecule has 0 unspecified atom stereocenters. The van der Waals surface area contributed by atoms with Gasteiger partial charge in [-0.2, -0.15) is 0 Å². The number of likely N-dealkylation sites (tertiary alicyclic amines) is 1. The molecule has 4 heterocycles. The zero-order valence-corrected chi connectivity index (χ0v) is 22.0. The molecule has 0 bridgehead atoms. The highest BCUT2D eigenvalue weighted by atomic mass is 35.5. The summed E-state index contributed by atoms with van der Waals surface area (Å²) in [5, 5.41) is 3.59. The molecule has 1 aromatic carbocycles. The number of aryl methyl sites for hydroxylation is 1. The molecule has 2 aliphatic heterocycles. The lowest BCUT2D eigenvalue weighted by Crippen LogP contribution is -2.30. The molecule has 0 aliphatic carbocycles. The van der Waals surface area contributed by atoms with E-state index < -0.39 is 0 Å². The molecule has 8 nitrogen and oxygen atoms in total. The van der Waals surface area contributed by atoms with Crippen LogP contribution in [-0.4, -0.2) is 64.3 Å². The van der Waals surface area contributed by atoms with Crippen LogP contribution in [0.25, 0.3) is 11.0 Å². The van der Waals surface area contributed by atoms with Crippen LogP contribution in [0.1, 0.15) is 54.2 Å². The van der Waals surface area contributed by atoms with Crippen molar-refractivity contribution in [3.8, 4) is 5.75 Å². The van der Waals surface area contributed by atoms with Gasteiger partial charge in [-0.1, -0.05) is 24.1 Å². The Balaban J connectivity index is 1.56. The Morgan fingerprint density at radius 3 is 2.89 bits per heavy atom. The van der Waals surface area contributed by atoms with Crippen LogP contribution in [0.15, 0.2) is 43.1 Å². The summed E-state index contributed by atoms with van der Waals surface area (Å²) in [5.74, 6) is 0.903. The Morgan fingerprint density at radius 2 is 2.11 bits per heavy atom. The van der Waals surface area contributed by atoms with Gasteiger partial charge >= 0.3 is 0 Å². The molecule has 0 spiro atoms. The van der Waals surface area contributed by atoms with E-state index in [0.717, 1.165) is 68.5 Å². The number of imidazole rings is 1. The average molecular weight is 524 g/mol. The summed E-state index contributed by atoms with van der Waals surface area (Å²) in [5.41, 5.74) is 2.83. The van der Waals surface area contributed by atoms with E-state index in [2.05, 4.69) is 26.3 Å². The summed E-state index contributed by atoms with van der Waals surface area (Å²) < 4.78 is 13.9. The van der Waals surface area contributed by atoms with E-state index in [-0.39, 0.29) is 18.1 Å². The fraction of sp³-hybridized carbons (Fsp3) is 0.464. The molecule has 37 heavy (non-hydrogen) atoms. The Labute approximate surface area is 222 Å². The summed E-state index contributed by atoms with van der Waals surface area (Å²) in [4.78, 5) is 24.7. The van der Waals surface area contributed by atoms with Crippen molar-refractivity contribution in [3.63, 3.8) is 0 Å². The van der Waals surface area contributed by atoms with E-state index in [4.69, 9.17) is 26.1 Å². The molecule has 1 amide bonds. The van der Waals surface area contributed by atoms with E-state index in [0.29, 0.717) is 35.5 Å². The average Bonchev–Trinajstić information content (AvgIpc) is 3.10. The number of ether oxygens (including phenoxy) is 2. The van der Waals surface area contributed by atoms with Crippen LogP contribution in [0, 0.1) is 6.92 Å². The number of carbonyl (C=O) groups excluding carboxylic acids is 1. The summed E-state index contributed by atoms with van der Waals surface area (Å²) in [7, 11) is 0. The van der Waals surface area contributed by atoms with Gasteiger partial charge in [-0.05, 0) is 50.6 Å². The first-order valence-corrected chi connectivity index (χ1v) is 13.4. The maximum Gasteiger partial charge on any atom is 0.258 e. The van der Waals surface area contributed by atoms with Gasteiger partial charge in [0.1, 0.15) is 16.9 Å². The number of halogens is 1. The number of hydrogen-bond acceptors (Lipinski definition) is 6. The number of amides is 1. The quantitative estimate of drug-likeness (QED) is 0.417. The maximum absolute atomic E-state index is 13.2. The number of carbonyl (C=O) groups is 1. The summed E-state index contributed by atoms with van der Waals surface area (Å²) in [6, 6.07) is 7.37. The van der Waals surface area contributed by atoms with Crippen LogP contribution in [0.4, 0.5) is 5.95 Å². The van der Waals surface area contributed by atoms with Crippen molar-refractivity contribution >= 4 is 34.5 Å². The molecule has 2 aromatic heterocycles. The zero-order valence-electron chi connectivity index (χ0n) is 21.3. The van der Waals surface area contributed by atoms with Gasteiger partial charge in [0.2, 0.25) is 5.95 Å². The summed E-state index contributed by atoms with van der Waals surface area (Å²) in [6.07, 6.45) is 8.45. The first-order valence-electron chi connectivity index (χ1n) is 13.1. The standard InChI is InChI=1S/C28H34ClN5O3/c1-3-13-33-14-5-4-6-21(18-33)34-26-23(7-8-24(25(26)29)37-22-10-15-36-16-11-22)31-28(34)32-27(35)20-9-12-30-19(2)17-20/h3,7-9,12,17,21-22H,1,4-6,10-11,13-16,18H2,2H3,(H,31,32,35)/t21-/m1/s1. The van der Waals surface area contributed by atoms with Crippen LogP contribution < -0.4 is 10.1 Å². The predicted octanol–water partition coefficient (Wildman–Crippen LogP) is 5.42. The first kappa shape index (κ1) is 25.7. The highest BCUT2D eigenvalue weighted by Gasteiger charge is 2.28. The molecular weight excluding hydrogens is 490 g/mol. The predicted molar refractivity (Wildman–Crippen MR) is 146 cm³/mol. The Bertz CT molecular complexity index is 1270. The minimum atomic E-state index is -0.228. The van der Waals surface area contributed by atoms with Gasteiger partial charge in [0.15, 0.2) is 0 Å². The van der Waals surface area contributed by atoms with E-state index in [1.807, 2.05) is 25.1 Å². The number of pyridine rings is 1. The molecule has 2 aliphatic rings. The van der Waals surface area contributed by atoms with Crippen molar-refractivity contribution in [1.82, 2.24) is 19.4 Å². The molecular formula is C28H34ClN5O3. The molecule has 2 saturated heterocycles. The van der Waals surface area contributed by atoms with Gasteiger partial charge in [0, 0.05) is 49.4 Å². The van der Waals surface area contributed by atoms with Crippen LogP contribution in [0.3, 0.4) is 0 Å². The monoisotopic (exact) mass is 523 g/mol. The normalized spacial score (nSPS) is 19.5. The van der Waals surface area contributed by atoms with Crippen molar-refractivity contribution < 1.29 is 14.3 Å². The number of nitrogens with one attached hydrogen (secondary N) is 1. The van der Waals surface area contributed by atoms with E-state index in [1.165, 1.54) is 0 Å². The van der Waals surface area contributed by atoms with Gasteiger partial charge in [-0.15, -0.1) is 6.58 Å². The van der Waals surface area contributed by atoms with E-state index in [9.17, 15) is 4.79 Å². The number of anilines is 1. The van der Waals surface area contributed by atoms with Crippen LogP contribution in [-0.2, 0) is 4.74 Å². The Morgan fingerprint density at radius 1 is 1.27 bits per heavy atom. The fourth-order valence-corrected chi connectivity index (χ4v) is 5.55. The van der Waals surface area contributed by atoms with Crippen LogP contribution >= 0.6 is 11.6 Å².